The predicted molar refractivity (Wildman–Crippen MR) is 113 cm³/mol. The van der Waals surface area contributed by atoms with Gasteiger partial charge in [-0.05, 0) is 62.6 Å². The summed E-state index contributed by atoms with van der Waals surface area (Å²) in [5, 5.41) is 32.5. The lowest BCUT2D eigenvalue weighted by atomic mass is 10.0. The van der Waals surface area contributed by atoms with Crippen LogP contribution in [0.25, 0.3) is 0 Å². The van der Waals surface area contributed by atoms with E-state index in [0.717, 1.165) is 12.0 Å². The predicted octanol–water partition coefficient (Wildman–Crippen LogP) is 2.47. The maximum Gasteiger partial charge on any atom is 0.347 e. The molecule has 0 aliphatic carbocycles. The summed E-state index contributed by atoms with van der Waals surface area (Å²) >= 11 is 0. The molecule has 7 heteroatoms. The van der Waals surface area contributed by atoms with Gasteiger partial charge in [-0.15, -0.1) is 0 Å². The molecule has 2 aromatic carbocycles. The van der Waals surface area contributed by atoms with Crippen molar-refractivity contribution >= 4 is 5.97 Å². The molecule has 2 aromatic rings. The van der Waals surface area contributed by atoms with Crippen LogP contribution in [0.15, 0.2) is 42.5 Å². The number of phenols is 1. The van der Waals surface area contributed by atoms with Crippen LogP contribution in [0.3, 0.4) is 0 Å². The number of aliphatic hydroxyl groups is 2. The van der Waals surface area contributed by atoms with E-state index in [9.17, 15) is 20.1 Å². The van der Waals surface area contributed by atoms with Gasteiger partial charge in [0, 0.05) is 18.2 Å². The zero-order valence-electron chi connectivity index (χ0n) is 17.7. The van der Waals surface area contributed by atoms with Gasteiger partial charge < -0.3 is 30.1 Å². The molecule has 0 aromatic heterocycles. The summed E-state index contributed by atoms with van der Waals surface area (Å²) in [5.74, 6) is 0.221. The quantitative estimate of drug-likeness (QED) is 0.416. The number of esters is 1. The van der Waals surface area contributed by atoms with Crippen molar-refractivity contribution in [3.8, 4) is 11.5 Å². The van der Waals surface area contributed by atoms with E-state index >= 15 is 0 Å². The van der Waals surface area contributed by atoms with Gasteiger partial charge in [-0.2, -0.15) is 0 Å². The molecule has 164 valence electrons. The first-order valence-electron chi connectivity index (χ1n) is 10.1. The maximum absolute atomic E-state index is 11.6. The van der Waals surface area contributed by atoms with Crippen LogP contribution in [0.5, 0.6) is 11.5 Å². The summed E-state index contributed by atoms with van der Waals surface area (Å²) in [5.41, 5.74) is 2.11. The highest BCUT2D eigenvalue weighted by molar-refractivity contribution is 5.74. The Balaban J connectivity index is 1.83. The Morgan fingerprint density at radius 2 is 1.83 bits per heavy atom. The largest absolute Gasteiger partial charge is 0.508 e. The Hall–Kier alpha value is -2.61. The fraction of sp³-hybridized carbons (Fsp3) is 0.435. The van der Waals surface area contributed by atoms with Crippen LogP contribution >= 0.6 is 0 Å². The van der Waals surface area contributed by atoms with Gasteiger partial charge in [0.2, 0.25) is 0 Å². The zero-order chi connectivity index (χ0) is 22.1. The summed E-state index contributed by atoms with van der Waals surface area (Å²) in [7, 11) is 0. The third-order valence-electron chi connectivity index (χ3n) is 4.71. The monoisotopic (exact) mass is 417 g/mol. The highest BCUT2D eigenvalue weighted by Gasteiger charge is 2.16. The number of ether oxygens (including phenoxy) is 2. The Labute approximate surface area is 177 Å². The van der Waals surface area contributed by atoms with Crippen molar-refractivity contribution in [1.82, 2.24) is 5.32 Å². The van der Waals surface area contributed by atoms with Crippen molar-refractivity contribution in [1.29, 1.82) is 0 Å². The van der Waals surface area contributed by atoms with Crippen LogP contribution in [0, 0.1) is 0 Å². The molecule has 0 saturated carbocycles. The Bertz CT molecular complexity index is 808. The van der Waals surface area contributed by atoms with Crippen molar-refractivity contribution in [2.45, 2.75) is 52.0 Å². The van der Waals surface area contributed by atoms with E-state index in [4.69, 9.17) is 9.47 Å². The average molecular weight is 418 g/mol. The van der Waals surface area contributed by atoms with Crippen molar-refractivity contribution in [3.05, 3.63) is 59.2 Å². The smallest absolute Gasteiger partial charge is 0.347 e. The van der Waals surface area contributed by atoms with Gasteiger partial charge in [0.05, 0.1) is 19.3 Å². The summed E-state index contributed by atoms with van der Waals surface area (Å²) in [6.07, 6.45) is -0.666. The van der Waals surface area contributed by atoms with Gasteiger partial charge in [-0.25, -0.2) is 4.79 Å². The molecule has 0 bridgehead atoms. The fourth-order valence-electron chi connectivity index (χ4n) is 3.01. The van der Waals surface area contributed by atoms with Crippen LogP contribution in [0.2, 0.25) is 0 Å². The van der Waals surface area contributed by atoms with Crippen molar-refractivity contribution in [3.63, 3.8) is 0 Å². The molecule has 4 N–H and O–H groups in total. The van der Waals surface area contributed by atoms with E-state index in [-0.39, 0.29) is 18.4 Å². The topological polar surface area (TPSA) is 108 Å². The number of hydrogen-bond donors (Lipinski definition) is 4. The number of aliphatic hydroxyl groups excluding tert-OH is 2. The summed E-state index contributed by atoms with van der Waals surface area (Å²) in [4.78, 5) is 11.6. The normalized spacial score (nSPS) is 14.0. The molecule has 3 unspecified atom stereocenters. The summed E-state index contributed by atoms with van der Waals surface area (Å²) in [6, 6.07) is 12.3. The number of nitrogens with one attached hydrogen (secondary N) is 1. The number of benzene rings is 2. The number of aromatic hydroxyl groups is 1. The molecule has 0 aliphatic heterocycles. The van der Waals surface area contributed by atoms with E-state index < -0.39 is 18.2 Å². The molecule has 0 saturated heterocycles. The SMILES string of the molecule is CCOC(=O)C(C)Oc1ccc(CC(C)NCC(O)c2ccc(O)c(CO)c2)cc1. The minimum absolute atomic E-state index is 0.0128. The first kappa shape index (κ1) is 23.7. The second-order valence-electron chi connectivity index (χ2n) is 7.23. The standard InChI is InChI=1S/C23H31NO6/c1-4-29-23(28)16(3)30-20-8-5-17(6-9-20)11-15(2)24-13-22(27)18-7-10-21(26)19(12-18)14-25/h5-10,12,15-16,22,24-27H,4,11,13-14H2,1-3H3. The second kappa shape index (κ2) is 11.5. The number of carbonyl (C=O) groups is 1. The molecule has 0 radical (unpaired) electrons. The molecule has 0 fully saturated rings. The third-order valence-corrected chi connectivity index (χ3v) is 4.71. The van der Waals surface area contributed by atoms with Gasteiger partial charge in [0.15, 0.2) is 6.10 Å². The molecular formula is C23H31NO6. The van der Waals surface area contributed by atoms with E-state index in [1.165, 1.54) is 6.07 Å². The van der Waals surface area contributed by atoms with Gasteiger partial charge in [0.25, 0.3) is 0 Å². The van der Waals surface area contributed by atoms with Crippen molar-refractivity contribution in [2.75, 3.05) is 13.2 Å². The highest BCUT2D eigenvalue weighted by atomic mass is 16.6. The van der Waals surface area contributed by atoms with Crippen LogP contribution in [0.4, 0.5) is 0 Å². The Morgan fingerprint density at radius 3 is 2.47 bits per heavy atom. The summed E-state index contributed by atoms with van der Waals surface area (Å²) in [6.45, 7) is 5.81. The average Bonchev–Trinajstić information content (AvgIpc) is 2.73. The molecule has 0 heterocycles. The molecule has 7 nitrogen and oxygen atoms in total. The lowest BCUT2D eigenvalue weighted by Gasteiger charge is -2.18. The van der Waals surface area contributed by atoms with Gasteiger partial charge in [0.1, 0.15) is 11.5 Å². The molecule has 0 spiro atoms. The lowest BCUT2D eigenvalue weighted by molar-refractivity contribution is -0.150. The van der Waals surface area contributed by atoms with Crippen LogP contribution in [0.1, 0.15) is 43.6 Å². The van der Waals surface area contributed by atoms with Crippen molar-refractivity contribution < 1.29 is 29.6 Å². The highest BCUT2D eigenvalue weighted by Crippen LogP contribution is 2.22. The van der Waals surface area contributed by atoms with Crippen LogP contribution < -0.4 is 10.1 Å². The van der Waals surface area contributed by atoms with Gasteiger partial charge in [-0.1, -0.05) is 18.2 Å². The molecule has 2 rings (SSSR count). The van der Waals surface area contributed by atoms with Crippen molar-refractivity contribution in [2.24, 2.45) is 0 Å². The molecule has 0 amide bonds. The van der Waals surface area contributed by atoms with E-state index in [1.807, 2.05) is 31.2 Å². The van der Waals surface area contributed by atoms with Gasteiger partial charge in [-0.3, -0.25) is 0 Å². The van der Waals surface area contributed by atoms with Gasteiger partial charge >= 0.3 is 5.97 Å². The first-order chi connectivity index (χ1) is 14.3. The molecule has 3 atom stereocenters. The zero-order valence-corrected chi connectivity index (χ0v) is 17.7. The number of hydrogen-bond acceptors (Lipinski definition) is 7. The molecular weight excluding hydrogens is 386 g/mol. The van der Waals surface area contributed by atoms with Crippen LogP contribution in [-0.4, -0.2) is 46.6 Å². The lowest BCUT2D eigenvalue weighted by Crippen LogP contribution is -2.32. The first-order valence-corrected chi connectivity index (χ1v) is 10.1. The minimum atomic E-state index is -0.751. The Kier molecular flexibility index (Phi) is 9.11. The second-order valence-corrected chi connectivity index (χ2v) is 7.23. The van der Waals surface area contributed by atoms with E-state index in [0.29, 0.717) is 30.0 Å². The maximum atomic E-state index is 11.6. The minimum Gasteiger partial charge on any atom is -0.508 e. The summed E-state index contributed by atoms with van der Waals surface area (Å²) < 4.78 is 10.5. The third kappa shape index (κ3) is 7.02. The fourth-order valence-corrected chi connectivity index (χ4v) is 3.01. The Morgan fingerprint density at radius 1 is 1.13 bits per heavy atom. The molecule has 0 aliphatic rings. The van der Waals surface area contributed by atoms with E-state index in [2.05, 4.69) is 5.32 Å². The van der Waals surface area contributed by atoms with E-state index in [1.54, 1.807) is 26.0 Å². The molecule has 30 heavy (non-hydrogen) atoms. The number of carbonyl (C=O) groups excluding carboxylic acids is 1. The van der Waals surface area contributed by atoms with Crippen LogP contribution in [-0.2, 0) is 22.6 Å². The number of rotatable bonds is 11.